The quantitative estimate of drug-likeness (QED) is 0.629. The minimum atomic E-state index is -0.132. The van der Waals surface area contributed by atoms with Gasteiger partial charge in [0.1, 0.15) is 0 Å². The van der Waals surface area contributed by atoms with E-state index in [-0.39, 0.29) is 24.6 Å². The predicted octanol–water partition coefficient (Wildman–Crippen LogP) is 0.262. The van der Waals surface area contributed by atoms with Gasteiger partial charge in [0.05, 0.1) is 12.6 Å². The molecule has 1 aliphatic heterocycles. The maximum atomic E-state index is 11.6. The van der Waals surface area contributed by atoms with E-state index in [1.54, 1.807) is 0 Å². The largest absolute Gasteiger partial charge is 0.395 e. The first-order valence-corrected chi connectivity index (χ1v) is 5.79. The second-order valence-electron chi connectivity index (χ2n) is 4.54. The van der Waals surface area contributed by atoms with Gasteiger partial charge in [0.2, 0.25) is 5.91 Å². The minimum Gasteiger partial charge on any atom is -0.395 e. The predicted molar refractivity (Wildman–Crippen MR) is 59.5 cm³/mol. The molecule has 0 bridgehead atoms. The second kappa shape index (κ2) is 6.08. The van der Waals surface area contributed by atoms with E-state index in [0.29, 0.717) is 5.92 Å². The van der Waals surface area contributed by atoms with Crippen molar-refractivity contribution < 1.29 is 9.90 Å². The van der Waals surface area contributed by atoms with Gasteiger partial charge in [-0.1, -0.05) is 13.8 Å². The van der Waals surface area contributed by atoms with Crippen molar-refractivity contribution in [3.05, 3.63) is 0 Å². The zero-order valence-electron chi connectivity index (χ0n) is 9.62. The van der Waals surface area contributed by atoms with Crippen LogP contribution in [0.1, 0.15) is 33.1 Å². The number of aliphatic hydroxyl groups is 1. The lowest BCUT2D eigenvalue weighted by atomic mass is 10.0. The molecule has 1 amide bonds. The summed E-state index contributed by atoms with van der Waals surface area (Å²) < 4.78 is 0. The van der Waals surface area contributed by atoms with Crippen LogP contribution >= 0.6 is 0 Å². The summed E-state index contributed by atoms with van der Waals surface area (Å²) in [6.07, 6.45) is 2.98. The van der Waals surface area contributed by atoms with Crippen molar-refractivity contribution in [2.75, 3.05) is 13.2 Å². The molecule has 2 atom stereocenters. The zero-order valence-corrected chi connectivity index (χ0v) is 9.62. The topological polar surface area (TPSA) is 61.4 Å². The Morgan fingerprint density at radius 2 is 2.27 bits per heavy atom. The molecule has 0 spiro atoms. The summed E-state index contributed by atoms with van der Waals surface area (Å²) >= 11 is 0. The third-order valence-corrected chi connectivity index (χ3v) is 2.95. The van der Waals surface area contributed by atoms with E-state index in [0.717, 1.165) is 25.8 Å². The summed E-state index contributed by atoms with van der Waals surface area (Å²) in [6.45, 7) is 4.95. The first kappa shape index (κ1) is 12.5. The molecule has 1 rings (SSSR count). The number of rotatable bonds is 4. The molecule has 0 aromatic carbocycles. The van der Waals surface area contributed by atoms with Gasteiger partial charge < -0.3 is 15.7 Å². The van der Waals surface area contributed by atoms with Crippen molar-refractivity contribution in [2.24, 2.45) is 5.92 Å². The number of carbonyl (C=O) groups is 1. The van der Waals surface area contributed by atoms with E-state index in [1.807, 2.05) is 13.8 Å². The van der Waals surface area contributed by atoms with E-state index in [2.05, 4.69) is 10.6 Å². The molecule has 3 N–H and O–H groups in total. The van der Waals surface area contributed by atoms with Crippen LogP contribution in [0.3, 0.4) is 0 Å². The Morgan fingerprint density at radius 3 is 2.87 bits per heavy atom. The highest BCUT2D eigenvalue weighted by Gasteiger charge is 2.24. The van der Waals surface area contributed by atoms with Crippen molar-refractivity contribution in [3.8, 4) is 0 Å². The van der Waals surface area contributed by atoms with Crippen LogP contribution in [-0.2, 0) is 4.79 Å². The van der Waals surface area contributed by atoms with Crippen LogP contribution in [0.25, 0.3) is 0 Å². The second-order valence-corrected chi connectivity index (χ2v) is 4.54. The van der Waals surface area contributed by atoms with Crippen LogP contribution in [0.4, 0.5) is 0 Å². The summed E-state index contributed by atoms with van der Waals surface area (Å²) in [4.78, 5) is 11.6. The van der Waals surface area contributed by atoms with Crippen LogP contribution in [0, 0.1) is 5.92 Å². The van der Waals surface area contributed by atoms with E-state index in [4.69, 9.17) is 0 Å². The normalized spacial score (nSPS) is 24.8. The van der Waals surface area contributed by atoms with Crippen LogP contribution in [0.2, 0.25) is 0 Å². The van der Waals surface area contributed by atoms with Crippen LogP contribution < -0.4 is 10.6 Å². The molecule has 0 saturated carbocycles. The zero-order chi connectivity index (χ0) is 11.3. The Morgan fingerprint density at radius 1 is 1.53 bits per heavy atom. The van der Waals surface area contributed by atoms with Gasteiger partial charge >= 0.3 is 0 Å². The van der Waals surface area contributed by atoms with Crippen LogP contribution in [0.15, 0.2) is 0 Å². The fourth-order valence-electron chi connectivity index (χ4n) is 1.81. The molecule has 15 heavy (non-hydrogen) atoms. The number of hydrogen-bond acceptors (Lipinski definition) is 3. The van der Waals surface area contributed by atoms with Gasteiger partial charge in [0, 0.05) is 12.6 Å². The maximum absolute atomic E-state index is 11.6. The fourth-order valence-corrected chi connectivity index (χ4v) is 1.81. The van der Waals surface area contributed by atoms with E-state index in [9.17, 15) is 9.90 Å². The molecule has 0 radical (unpaired) electrons. The average molecular weight is 214 g/mol. The smallest absolute Gasteiger partial charge is 0.237 e. The molecule has 1 aliphatic rings. The standard InChI is InChI=1S/C11H22N2O2/c1-8(2)10(7-14)13-9-5-3-4-6-12-11(9)15/h8-10,13-14H,3-7H2,1-2H3,(H,12,15)/t9?,10-/m1/s1. The van der Waals surface area contributed by atoms with Crippen molar-refractivity contribution >= 4 is 5.91 Å². The van der Waals surface area contributed by atoms with Crippen LogP contribution in [0.5, 0.6) is 0 Å². The molecule has 1 unspecified atom stereocenters. The first-order chi connectivity index (χ1) is 7.15. The van der Waals surface area contributed by atoms with Crippen molar-refractivity contribution in [1.29, 1.82) is 0 Å². The Labute approximate surface area is 91.4 Å². The molecule has 1 fully saturated rings. The molecule has 1 heterocycles. The van der Waals surface area contributed by atoms with E-state index in [1.165, 1.54) is 0 Å². The molecular formula is C11H22N2O2. The maximum Gasteiger partial charge on any atom is 0.237 e. The summed E-state index contributed by atoms with van der Waals surface area (Å²) in [5.74, 6) is 0.414. The Balaban J connectivity index is 2.49. The molecular weight excluding hydrogens is 192 g/mol. The lowest BCUT2D eigenvalue weighted by molar-refractivity contribution is -0.123. The Kier molecular flexibility index (Phi) is 5.05. The molecule has 0 aliphatic carbocycles. The van der Waals surface area contributed by atoms with Crippen LogP contribution in [-0.4, -0.2) is 36.2 Å². The number of carbonyl (C=O) groups excluding carboxylic acids is 1. The number of hydrogen-bond donors (Lipinski definition) is 3. The molecule has 1 saturated heterocycles. The highest BCUT2D eigenvalue weighted by molar-refractivity contribution is 5.81. The molecule has 0 aromatic heterocycles. The van der Waals surface area contributed by atoms with Gasteiger partial charge in [0.25, 0.3) is 0 Å². The van der Waals surface area contributed by atoms with Gasteiger partial charge in [-0.15, -0.1) is 0 Å². The third-order valence-electron chi connectivity index (χ3n) is 2.95. The highest BCUT2D eigenvalue weighted by atomic mass is 16.3. The first-order valence-electron chi connectivity index (χ1n) is 5.79. The monoisotopic (exact) mass is 214 g/mol. The molecule has 0 aromatic rings. The number of aliphatic hydroxyl groups excluding tert-OH is 1. The summed E-state index contributed by atoms with van der Waals surface area (Å²) in [6, 6.07) is -0.120. The Bertz CT molecular complexity index is 207. The van der Waals surface area contributed by atoms with Crippen molar-refractivity contribution in [3.63, 3.8) is 0 Å². The van der Waals surface area contributed by atoms with E-state index >= 15 is 0 Å². The molecule has 4 nitrogen and oxygen atoms in total. The molecule has 88 valence electrons. The third kappa shape index (κ3) is 3.80. The number of nitrogens with one attached hydrogen (secondary N) is 2. The number of amides is 1. The molecule has 4 heteroatoms. The lowest BCUT2D eigenvalue weighted by Gasteiger charge is -2.25. The lowest BCUT2D eigenvalue weighted by Crippen LogP contribution is -2.50. The summed E-state index contributed by atoms with van der Waals surface area (Å²) in [5.41, 5.74) is 0. The van der Waals surface area contributed by atoms with Gasteiger partial charge in [0.15, 0.2) is 0 Å². The van der Waals surface area contributed by atoms with Crippen molar-refractivity contribution in [1.82, 2.24) is 10.6 Å². The Hall–Kier alpha value is -0.610. The highest BCUT2D eigenvalue weighted by Crippen LogP contribution is 2.09. The SMILES string of the molecule is CC(C)[C@@H](CO)NC1CCCCNC1=O. The van der Waals surface area contributed by atoms with Gasteiger partial charge in [-0.2, -0.15) is 0 Å². The van der Waals surface area contributed by atoms with Gasteiger partial charge in [-0.05, 0) is 25.2 Å². The summed E-state index contributed by atoms with van der Waals surface area (Å²) in [7, 11) is 0. The van der Waals surface area contributed by atoms with Gasteiger partial charge in [-0.25, -0.2) is 0 Å². The van der Waals surface area contributed by atoms with E-state index < -0.39 is 0 Å². The van der Waals surface area contributed by atoms with Gasteiger partial charge in [-0.3, -0.25) is 4.79 Å². The minimum absolute atomic E-state index is 0.0128. The van der Waals surface area contributed by atoms with Crippen molar-refractivity contribution in [2.45, 2.75) is 45.2 Å². The summed E-state index contributed by atoms with van der Waals surface area (Å²) in [5, 5.41) is 15.3. The fraction of sp³-hybridized carbons (Fsp3) is 0.909. The average Bonchev–Trinajstić information content (AvgIpc) is 2.39.